The van der Waals surface area contributed by atoms with Gasteiger partial charge in [-0.25, -0.2) is 5.21 Å². The van der Waals surface area contributed by atoms with Crippen LogP contribution in [0.5, 0.6) is 0 Å². The number of nitrogens with one attached hydrogen (secondary N) is 1. The third kappa shape index (κ3) is 12.3. The zero-order valence-corrected chi connectivity index (χ0v) is 19.0. The van der Waals surface area contributed by atoms with Crippen molar-refractivity contribution in [3.63, 3.8) is 0 Å². The second kappa shape index (κ2) is 9.25. The Kier molecular flexibility index (Phi) is 8.88. The Hall–Kier alpha value is -1.04. The summed E-state index contributed by atoms with van der Waals surface area (Å²) in [6, 6.07) is 0. The van der Waals surface area contributed by atoms with Gasteiger partial charge in [0.1, 0.15) is 0 Å². The van der Waals surface area contributed by atoms with E-state index in [1.54, 1.807) is 5.01 Å². The molecule has 0 radical (unpaired) electrons. The Morgan fingerprint density at radius 2 is 1.27 bits per heavy atom. The van der Waals surface area contributed by atoms with E-state index in [4.69, 9.17) is 5.21 Å². The molecule has 6 heteroatoms. The van der Waals surface area contributed by atoms with Gasteiger partial charge in [0.2, 0.25) is 0 Å². The van der Waals surface area contributed by atoms with E-state index in [1.807, 2.05) is 0 Å². The maximum Gasteiger partial charge on any atom is 0.271 e. The minimum absolute atomic E-state index is 0.0157. The molecular weight excluding hydrogens is 328 g/mol. The van der Waals surface area contributed by atoms with Crippen molar-refractivity contribution < 1.29 is 15.4 Å². The molecule has 0 fully saturated rings. The zero-order chi connectivity index (χ0) is 20.8. The lowest BCUT2D eigenvalue weighted by Gasteiger charge is -2.34. The van der Waals surface area contributed by atoms with Crippen LogP contribution >= 0.6 is 0 Å². The summed E-state index contributed by atoms with van der Waals surface area (Å²) in [6.07, 6.45) is 2.11. The van der Waals surface area contributed by atoms with Gasteiger partial charge in [0.25, 0.3) is 10.2 Å². The van der Waals surface area contributed by atoms with Crippen molar-refractivity contribution in [2.24, 2.45) is 26.9 Å². The van der Waals surface area contributed by atoms with Gasteiger partial charge in [0.15, 0.2) is 0 Å². The maximum atomic E-state index is 9.90. The third-order valence-electron chi connectivity index (χ3n) is 4.34. The second-order valence-electron chi connectivity index (χ2n) is 11.7. The monoisotopic (exact) mass is 373 g/mol. The van der Waals surface area contributed by atoms with Crippen LogP contribution in [-0.4, -0.2) is 46.6 Å². The Morgan fingerprint density at radius 3 is 1.69 bits per heavy atom. The molecule has 0 aliphatic rings. The van der Waals surface area contributed by atoms with Crippen LogP contribution in [0.15, 0.2) is 5.28 Å². The fraction of sp³-hybridized carbons (Fsp3) is 1.00. The van der Waals surface area contributed by atoms with Crippen LogP contribution in [0.3, 0.4) is 0 Å². The maximum absolute atomic E-state index is 9.90. The molecule has 0 amide bonds. The number of nitrogens with zero attached hydrogens (tertiary/aromatic N) is 3. The van der Waals surface area contributed by atoms with Gasteiger partial charge in [-0.15, -0.1) is 5.01 Å². The molecule has 0 atom stereocenters. The van der Waals surface area contributed by atoms with Crippen LogP contribution in [0, 0.1) is 21.7 Å². The molecule has 0 unspecified atom stereocenters. The van der Waals surface area contributed by atoms with Crippen molar-refractivity contribution in [3.8, 4) is 0 Å². The lowest BCUT2D eigenvalue weighted by Crippen LogP contribution is -2.44. The average Bonchev–Trinajstić information content (AvgIpc) is 2.40. The van der Waals surface area contributed by atoms with E-state index < -0.39 is 0 Å². The summed E-state index contributed by atoms with van der Waals surface area (Å²) in [7, 11) is 0. The van der Waals surface area contributed by atoms with Crippen molar-refractivity contribution in [2.45, 2.75) is 82.1 Å². The lowest BCUT2D eigenvalue weighted by molar-refractivity contribution is -0.943. The fourth-order valence-electron chi connectivity index (χ4n) is 2.90. The first-order valence-electron chi connectivity index (χ1n) is 9.76. The smallest absolute Gasteiger partial charge is 0.271 e. The van der Waals surface area contributed by atoms with E-state index in [0.29, 0.717) is 23.5 Å². The number of rotatable bonds is 10. The Morgan fingerprint density at radius 1 is 0.769 bits per heavy atom. The first kappa shape index (κ1) is 25.0. The molecular formula is C20H45N4O2+. The fourth-order valence-corrected chi connectivity index (χ4v) is 2.90. The summed E-state index contributed by atoms with van der Waals surface area (Å²) in [5.41, 5.74) is 0.467. The predicted molar refractivity (Wildman–Crippen MR) is 106 cm³/mol. The molecule has 0 heterocycles. The summed E-state index contributed by atoms with van der Waals surface area (Å²) >= 11 is 0. The number of hydrogen-bond donors (Lipinski definition) is 3. The van der Waals surface area contributed by atoms with Gasteiger partial charge >= 0.3 is 0 Å². The van der Waals surface area contributed by atoms with Gasteiger partial charge in [-0.2, -0.15) is 0 Å². The Bertz CT molecular complexity index is 446. The van der Waals surface area contributed by atoms with E-state index in [0.717, 1.165) is 25.9 Å². The highest BCUT2D eigenvalue weighted by molar-refractivity contribution is 4.80. The van der Waals surface area contributed by atoms with Gasteiger partial charge in [0.05, 0.1) is 13.1 Å². The molecule has 26 heavy (non-hydrogen) atoms. The summed E-state index contributed by atoms with van der Waals surface area (Å²) in [4.78, 5) is 0.572. The van der Waals surface area contributed by atoms with Gasteiger partial charge < -0.3 is 10.5 Å². The molecule has 156 valence electrons. The summed E-state index contributed by atoms with van der Waals surface area (Å²) in [6.45, 7) is 25.3. The predicted octanol–water partition coefficient (Wildman–Crippen LogP) is 4.96. The molecule has 0 spiro atoms. The van der Waals surface area contributed by atoms with Crippen molar-refractivity contribution in [3.05, 3.63) is 0 Å². The first-order chi connectivity index (χ1) is 11.5. The molecule has 6 nitrogen and oxygen atoms in total. The number of hydrazine groups is 1. The molecule has 0 rings (SSSR count). The van der Waals surface area contributed by atoms with Crippen molar-refractivity contribution in [2.75, 3.05) is 26.2 Å². The Balaban J connectivity index is 4.74. The van der Waals surface area contributed by atoms with Crippen molar-refractivity contribution in [1.29, 1.82) is 0 Å². The largest absolute Gasteiger partial charge is 0.357 e. The van der Waals surface area contributed by atoms with Crippen molar-refractivity contribution >= 4 is 0 Å². The molecule has 0 aromatic rings. The molecule has 0 bridgehead atoms. The molecule has 0 aliphatic carbocycles. The van der Waals surface area contributed by atoms with Crippen LogP contribution in [0.2, 0.25) is 0 Å². The molecule has 0 saturated heterocycles. The third-order valence-corrected chi connectivity index (χ3v) is 4.34. The van der Waals surface area contributed by atoms with Crippen LogP contribution in [0.1, 0.15) is 82.1 Å². The highest BCUT2D eigenvalue weighted by Gasteiger charge is 2.33. The van der Waals surface area contributed by atoms with Crippen molar-refractivity contribution in [1.82, 2.24) is 10.3 Å². The lowest BCUT2D eigenvalue weighted by atomic mass is 9.78. The van der Waals surface area contributed by atoms with Gasteiger partial charge in [-0.3, -0.25) is 0 Å². The van der Waals surface area contributed by atoms with Crippen LogP contribution in [0.4, 0.5) is 0 Å². The van der Waals surface area contributed by atoms with E-state index in [1.165, 1.54) is 0 Å². The van der Waals surface area contributed by atoms with Gasteiger partial charge in [0, 0.05) is 13.1 Å². The topological polar surface area (TPSA) is 71.1 Å². The van der Waals surface area contributed by atoms with Gasteiger partial charge in [-0.05, 0) is 34.5 Å². The van der Waals surface area contributed by atoms with E-state index in [9.17, 15) is 5.21 Å². The Labute approximate surface area is 161 Å². The SMILES string of the molecule is CC(C)(C)CNCC(C)(C)CCC(C)(C)CN(CC(C)(C)C)/[N+](O)=N/O. The first-order valence-corrected chi connectivity index (χ1v) is 9.76. The highest BCUT2D eigenvalue weighted by Crippen LogP contribution is 2.32. The summed E-state index contributed by atoms with van der Waals surface area (Å²) in [5.74, 6) is 0. The summed E-state index contributed by atoms with van der Waals surface area (Å²) < 4.78 is 0. The van der Waals surface area contributed by atoms with E-state index in [2.05, 4.69) is 79.8 Å². The highest BCUT2D eigenvalue weighted by atomic mass is 16.6. The summed E-state index contributed by atoms with van der Waals surface area (Å²) in [5, 5.41) is 27.1. The molecule has 0 aliphatic heterocycles. The molecule has 0 aromatic heterocycles. The molecule has 3 N–H and O–H groups in total. The normalized spacial score (nSPS) is 14.6. The molecule has 0 saturated carbocycles. The number of hydrogen-bond acceptors (Lipinski definition) is 2. The quantitative estimate of drug-likeness (QED) is 0.287. The van der Waals surface area contributed by atoms with Gasteiger partial charge in [-0.1, -0.05) is 69.2 Å². The van der Waals surface area contributed by atoms with E-state index in [-0.39, 0.29) is 16.2 Å². The zero-order valence-electron chi connectivity index (χ0n) is 19.0. The minimum atomic E-state index is -0.0160. The standard InChI is InChI=1S/C20H44N4O2/c1-17(2,3)13-21-14-19(7,8)11-12-20(9,10)16-23(24(26)22-25)15-18(4,5)6/h21,26H,11-16H2,1-10H3/p+1. The molecule has 0 aromatic carbocycles. The average molecular weight is 374 g/mol. The minimum Gasteiger partial charge on any atom is -0.357 e. The van der Waals surface area contributed by atoms with Crippen LogP contribution in [0.25, 0.3) is 0 Å². The second-order valence-corrected chi connectivity index (χ2v) is 11.7. The van der Waals surface area contributed by atoms with Crippen LogP contribution in [-0.2, 0) is 0 Å². The van der Waals surface area contributed by atoms with E-state index >= 15 is 0 Å². The van der Waals surface area contributed by atoms with Crippen LogP contribution < -0.4 is 5.32 Å².